The van der Waals surface area contributed by atoms with Gasteiger partial charge in [0.2, 0.25) is 9.84 Å². The zero-order valence-electron chi connectivity index (χ0n) is 12.3. The third-order valence-corrected chi connectivity index (χ3v) is 6.39. The minimum Gasteiger partial charge on any atom is -0.219 e. The van der Waals surface area contributed by atoms with Crippen LogP contribution < -0.4 is 0 Å². The van der Waals surface area contributed by atoms with Crippen LogP contribution in [0.15, 0.2) is 53.4 Å². The van der Waals surface area contributed by atoms with Gasteiger partial charge in [0.05, 0.1) is 15.4 Å². The molecule has 0 atom stereocenters. The number of alkyl halides is 3. The van der Waals surface area contributed by atoms with Crippen LogP contribution in [0.3, 0.4) is 0 Å². The molecular formula is C17H12F3IO2S. The van der Waals surface area contributed by atoms with Gasteiger partial charge in [-0.25, -0.2) is 8.42 Å². The Kier molecular flexibility index (Phi) is 4.50. The van der Waals surface area contributed by atoms with Crippen LogP contribution in [0, 0.1) is 3.57 Å². The predicted molar refractivity (Wildman–Crippen MR) is 94.1 cm³/mol. The van der Waals surface area contributed by atoms with Crippen molar-refractivity contribution in [3.05, 3.63) is 68.8 Å². The van der Waals surface area contributed by atoms with E-state index in [1.54, 1.807) is 12.1 Å². The van der Waals surface area contributed by atoms with Crippen molar-refractivity contribution in [2.75, 3.05) is 0 Å². The van der Waals surface area contributed by atoms with E-state index in [0.717, 1.165) is 39.8 Å². The monoisotopic (exact) mass is 464 g/mol. The first-order valence-corrected chi connectivity index (χ1v) is 9.67. The molecule has 2 aromatic carbocycles. The number of sulfone groups is 1. The van der Waals surface area contributed by atoms with Crippen LogP contribution in [0.4, 0.5) is 13.2 Å². The summed E-state index contributed by atoms with van der Waals surface area (Å²) in [6, 6.07) is 9.13. The lowest BCUT2D eigenvalue weighted by Crippen LogP contribution is -2.11. The van der Waals surface area contributed by atoms with Gasteiger partial charge in [-0.15, -0.1) is 0 Å². The number of hydrogen-bond acceptors (Lipinski definition) is 2. The summed E-state index contributed by atoms with van der Waals surface area (Å²) in [7, 11) is -3.86. The van der Waals surface area contributed by atoms with Crippen LogP contribution in [0.1, 0.15) is 23.1 Å². The molecule has 0 amide bonds. The average molecular weight is 464 g/mol. The van der Waals surface area contributed by atoms with Gasteiger partial charge in [0.15, 0.2) is 0 Å². The van der Waals surface area contributed by atoms with Gasteiger partial charge in [0.25, 0.3) is 0 Å². The van der Waals surface area contributed by atoms with E-state index >= 15 is 0 Å². The van der Waals surface area contributed by atoms with Gasteiger partial charge in [-0.2, -0.15) is 13.2 Å². The first kappa shape index (κ1) is 17.5. The van der Waals surface area contributed by atoms with Crippen LogP contribution in [0.2, 0.25) is 0 Å². The van der Waals surface area contributed by atoms with Crippen molar-refractivity contribution in [2.24, 2.45) is 0 Å². The molecule has 7 heteroatoms. The minimum atomic E-state index is -4.49. The summed E-state index contributed by atoms with van der Waals surface area (Å²) in [5.41, 5.74) is 0.700. The quantitative estimate of drug-likeness (QED) is 0.582. The zero-order chi connectivity index (χ0) is 17.5. The maximum absolute atomic E-state index is 12.8. The van der Waals surface area contributed by atoms with Crippen molar-refractivity contribution in [2.45, 2.75) is 23.9 Å². The maximum Gasteiger partial charge on any atom is 0.416 e. The first-order chi connectivity index (χ1) is 11.2. The number of allylic oxidation sites excluding steroid dienone is 1. The Labute approximate surface area is 151 Å². The van der Waals surface area contributed by atoms with Crippen molar-refractivity contribution < 1.29 is 21.6 Å². The van der Waals surface area contributed by atoms with Crippen LogP contribution in [-0.2, 0) is 22.4 Å². The van der Waals surface area contributed by atoms with Gasteiger partial charge >= 0.3 is 6.18 Å². The van der Waals surface area contributed by atoms with Crippen molar-refractivity contribution in [3.63, 3.8) is 0 Å². The average Bonchev–Trinajstić information content (AvgIpc) is 2.53. The molecule has 24 heavy (non-hydrogen) atoms. The molecule has 3 rings (SSSR count). The molecular weight excluding hydrogens is 452 g/mol. The number of halogens is 4. The normalized spacial score (nSPS) is 14.9. The smallest absolute Gasteiger partial charge is 0.219 e. The Morgan fingerprint density at radius 1 is 1.00 bits per heavy atom. The molecule has 0 spiro atoms. The highest BCUT2D eigenvalue weighted by Crippen LogP contribution is 2.36. The van der Waals surface area contributed by atoms with Crippen molar-refractivity contribution in [1.29, 1.82) is 0 Å². The SMILES string of the molecule is O=S(=O)(C1=CCCc2cc(I)ccc21)c1ccc(C(F)(F)F)cc1. The highest BCUT2D eigenvalue weighted by atomic mass is 127. The summed E-state index contributed by atoms with van der Waals surface area (Å²) in [5.74, 6) is 0. The standard InChI is InChI=1S/C17H12F3IO2S/c18-17(19,20)12-4-7-14(8-5-12)24(22,23)16-3-1-2-11-10-13(21)6-9-15(11)16/h3-10H,1-2H2. The van der Waals surface area contributed by atoms with Gasteiger partial charge in [0.1, 0.15) is 0 Å². The van der Waals surface area contributed by atoms with E-state index in [0.29, 0.717) is 12.0 Å². The molecule has 0 saturated carbocycles. The highest BCUT2D eigenvalue weighted by molar-refractivity contribution is 14.1. The van der Waals surface area contributed by atoms with E-state index < -0.39 is 21.6 Å². The van der Waals surface area contributed by atoms with Gasteiger partial charge in [0, 0.05) is 3.57 Å². The number of fused-ring (bicyclic) bond motifs is 1. The summed E-state index contributed by atoms with van der Waals surface area (Å²) < 4.78 is 64.6. The van der Waals surface area contributed by atoms with E-state index in [4.69, 9.17) is 0 Å². The Morgan fingerprint density at radius 2 is 1.67 bits per heavy atom. The van der Waals surface area contributed by atoms with E-state index in [1.807, 2.05) is 12.1 Å². The van der Waals surface area contributed by atoms with Crippen molar-refractivity contribution in [1.82, 2.24) is 0 Å². The molecule has 1 aliphatic carbocycles. The molecule has 1 aliphatic rings. The Balaban J connectivity index is 2.05. The van der Waals surface area contributed by atoms with Gasteiger partial charge < -0.3 is 0 Å². The zero-order valence-corrected chi connectivity index (χ0v) is 15.2. The third kappa shape index (κ3) is 3.23. The minimum absolute atomic E-state index is 0.131. The first-order valence-electron chi connectivity index (χ1n) is 7.11. The second kappa shape index (κ2) is 6.18. The second-order valence-corrected chi connectivity index (χ2v) is 8.60. The number of rotatable bonds is 2. The molecule has 126 valence electrons. The van der Waals surface area contributed by atoms with Gasteiger partial charge in [-0.3, -0.25) is 0 Å². The maximum atomic E-state index is 12.8. The van der Waals surface area contributed by atoms with Crippen LogP contribution >= 0.6 is 22.6 Å². The summed E-state index contributed by atoms with van der Waals surface area (Å²) in [5, 5.41) is 0. The van der Waals surface area contributed by atoms with Gasteiger partial charge in [-0.05, 0) is 83.0 Å². The van der Waals surface area contributed by atoms with E-state index in [9.17, 15) is 21.6 Å². The van der Waals surface area contributed by atoms with Crippen LogP contribution in [0.5, 0.6) is 0 Å². The molecule has 0 saturated heterocycles. The molecule has 0 radical (unpaired) electrons. The molecule has 0 N–H and O–H groups in total. The number of benzene rings is 2. The summed E-state index contributed by atoms with van der Waals surface area (Å²) >= 11 is 2.16. The van der Waals surface area contributed by atoms with E-state index in [-0.39, 0.29) is 9.80 Å². The van der Waals surface area contributed by atoms with E-state index in [2.05, 4.69) is 22.6 Å². The lowest BCUT2D eigenvalue weighted by atomic mass is 9.97. The molecule has 2 aromatic rings. The van der Waals surface area contributed by atoms with Gasteiger partial charge in [-0.1, -0.05) is 12.1 Å². The molecule has 0 bridgehead atoms. The Hall–Kier alpha value is -1.35. The molecule has 0 aliphatic heterocycles. The predicted octanol–water partition coefficient (Wildman–Crippen LogP) is 5.07. The number of aryl methyl sites for hydroxylation is 1. The fraction of sp³-hybridized carbons (Fsp3) is 0.176. The second-order valence-electron chi connectivity index (χ2n) is 5.43. The lowest BCUT2D eigenvalue weighted by Gasteiger charge is -2.18. The topological polar surface area (TPSA) is 34.1 Å². The van der Waals surface area contributed by atoms with Crippen LogP contribution in [0.25, 0.3) is 4.91 Å². The van der Waals surface area contributed by atoms with Crippen molar-refractivity contribution >= 4 is 37.3 Å². The fourth-order valence-electron chi connectivity index (χ4n) is 2.68. The molecule has 0 aromatic heterocycles. The Morgan fingerprint density at radius 3 is 2.29 bits per heavy atom. The summed E-state index contributed by atoms with van der Waals surface area (Å²) in [4.78, 5) is 0.0352. The van der Waals surface area contributed by atoms with E-state index in [1.165, 1.54) is 0 Å². The molecule has 2 nitrogen and oxygen atoms in total. The fourth-order valence-corrected chi connectivity index (χ4v) is 4.81. The summed E-state index contributed by atoms with van der Waals surface area (Å²) in [6.45, 7) is 0. The van der Waals surface area contributed by atoms with Crippen molar-refractivity contribution in [3.8, 4) is 0 Å². The molecule has 0 fully saturated rings. The largest absolute Gasteiger partial charge is 0.416 e. The highest BCUT2D eigenvalue weighted by Gasteiger charge is 2.31. The molecule has 0 unspecified atom stereocenters. The summed E-state index contributed by atoms with van der Waals surface area (Å²) in [6.07, 6.45) is -1.52. The molecule has 0 heterocycles. The number of hydrogen-bond donors (Lipinski definition) is 0. The van der Waals surface area contributed by atoms with Crippen LogP contribution in [-0.4, -0.2) is 8.42 Å². The Bertz CT molecular complexity index is 914. The third-order valence-electron chi connectivity index (χ3n) is 3.86. The lowest BCUT2D eigenvalue weighted by molar-refractivity contribution is -0.137.